The predicted molar refractivity (Wildman–Crippen MR) is 75.6 cm³/mol. The molecule has 1 aromatic rings. The van der Waals surface area contributed by atoms with Crippen LogP contribution in [0.5, 0.6) is 0 Å². The van der Waals surface area contributed by atoms with Gasteiger partial charge in [-0.3, -0.25) is 4.79 Å². The molecule has 1 heterocycles. The van der Waals surface area contributed by atoms with E-state index >= 15 is 0 Å². The molecule has 2 atom stereocenters. The summed E-state index contributed by atoms with van der Waals surface area (Å²) in [5.41, 5.74) is 0. The van der Waals surface area contributed by atoms with Crippen molar-refractivity contribution < 1.29 is 22.7 Å². The van der Waals surface area contributed by atoms with Gasteiger partial charge >= 0.3 is 5.97 Å². The molecule has 2 unspecified atom stereocenters. The van der Waals surface area contributed by atoms with Gasteiger partial charge in [-0.05, 0) is 40.9 Å². The fourth-order valence-corrected chi connectivity index (χ4v) is 4.78. The average Bonchev–Trinajstić information content (AvgIpc) is 2.98. The summed E-state index contributed by atoms with van der Waals surface area (Å²) >= 11 is 3.16. The number of hydrogen-bond donors (Lipinski definition) is 1. The lowest BCUT2D eigenvalue weighted by molar-refractivity contribution is -0.141. The van der Waals surface area contributed by atoms with Crippen LogP contribution in [0, 0.1) is 5.92 Å². The number of carboxylic acid groups (broad SMARTS) is 1. The Morgan fingerprint density at radius 3 is 2.75 bits per heavy atom. The van der Waals surface area contributed by atoms with Gasteiger partial charge in [0.1, 0.15) is 5.76 Å². The van der Waals surface area contributed by atoms with Gasteiger partial charge in [0.25, 0.3) is 0 Å². The van der Waals surface area contributed by atoms with Gasteiger partial charge in [-0.15, -0.1) is 0 Å². The number of aliphatic carboxylic acids is 1. The van der Waals surface area contributed by atoms with Crippen molar-refractivity contribution in [1.29, 1.82) is 0 Å². The largest absolute Gasteiger partial charge is 0.481 e. The zero-order valence-electron chi connectivity index (χ0n) is 11.0. The second kappa shape index (κ2) is 5.87. The van der Waals surface area contributed by atoms with Crippen LogP contribution in [0.3, 0.4) is 0 Å². The van der Waals surface area contributed by atoms with E-state index in [0.29, 0.717) is 29.7 Å². The van der Waals surface area contributed by atoms with E-state index in [1.807, 2.05) is 0 Å². The summed E-state index contributed by atoms with van der Waals surface area (Å²) in [5.74, 6) is -1.34. The molecule has 0 aromatic carbocycles. The Morgan fingerprint density at radius 2 is 2.20 bits per heavy atom. The Hall–Kier alpha value is -0.860. The zero-order chi connectivity index (χ0) is 14.9. The third-order valence-electron chi connectivity index (χ3n) is 3.59. The Balaban J connectivity index is 2.15. The van der Waals surface area contributed by atoms with Crippen LogP contribution in [0.1, 0.15) is 25.0 Å². The minimum absolute atomic E-state index is 0.0940. The molecule has 0 saturated heterocycles. The van der Waals surface area contributed by atoms with Crippen molar-refractivity contribution in [3.05, 3.63) is 22.6 Å². The lowest BCUT2D eigenvalue weighted by Crippen LogP contribution is -2.39. The van der Waals surface area contributed by atoms with E-state index in [9.17, 15) is 13.2 Å². The van der Waals surface area contributed by atoms with Crippen molar-refractivity contribution in [2.24, 2.45) is 5.92 Å². The third-order valence-corrected chi connectivity index (χ3v) is 6.35. The highest BCUT2D eigenvalue weighted by molar-refractivity contribution is 9.10. The van der Waals surface area contributed by atoms with Gasteiger partial charge in [0.2, 0.25) is 10.0 Å². The topological polar surface area (TPSA) is 87.8 Å². The number of hydrogen-bond acceptors (Lipinski definition) is 4. The first-order valence-corrected chi connectivity index (χ1v) is 8.54. The minimum Gasteiger partial charge on any atom is -0.481 e. The van der Waals surface area contributed by atoms with Gasteiger partial charge in [-0.2, -0.15) is 4.31 Å². The first kappa shape index (κ1) is 15.5. The Bertz CT molecular complexity index is 597. The smallest absolute Gasteiger partial charge is 0.307 e. The van der Waals surface area contributed by atoms with Gasteiger partial charge in [-0.25, -0.2) is 8.42 Å². The van der Waals surface area contributed by atoms with E-state index in [1.165, 1.54) is 11.4 Å². The van der Waals surface area contributed by atoms with Crippen LogP contribution in [0.25, 0.3) is 0 Å². The summed E-state index contributed by atoms with van der Waals surface area (Å²) in [6.07, 6.45) is 1.44. The first-order valence-electron chi connectivity index (χ1n) is 6.24. The number of furan rings is 1. The maximum atomic E-state index is 12.5. The lowest BCUT2D eigenvalue weighted by Gasteiger charge is -2.23. The normalized spacial score (nSPS) is 23.4. The number of carboxylic acids is 1. The van der Waals surface area contributed by atoms with Crippen LogP contribution >= 0.6 is 15.9 Å². The highest BCUT2D eigenvalue weighted by Crippen LogP contribution is 2.33. The minimum atomic E-state index is -3.64. The van der Waals surface area contributed by atoms with Crippen molar-refractivity contribution in [3.8, 4) is 0 Å². The van der Waals surface area contributed by atoms with E-state index < -0.39 is 27.2 Å². The Morgan fingerprint density at radius 1 is 1.50 bits per heavy atom. The SMILES string of the molecule is CN(Cc1ccc(Br)o1)S(=O)(=O)C1CCCC1C(=O)O. The van der Waals surface area contributed by atoms with Crippen molar-refractivity contribution in [2.75, 3.05) is 7.05 Å². The molecule has 1 saturated carbocycles. The molecular weight excluding hydrogens is 350 g/mol. The molecule has 1 fully saturated rings. The molecule has 1 N–H and O–H groups in total. The van der Waals surface area contributed by atoms with Crippen LogP contribution < -0.4 is 0 Å². The number of rotatable bonds is 5. The molecule has 6 nitrogen and oxygen atoms in total. The van der Waals surface area contributed by atoms with Gasteiger partial charge in [0.05, 0.1) is 17.7 Å². The molecular formula is C12H16BrNO5S. The molecule has 0 amide bonds. The van der Waals surface area contributed by atoms with E-state index in [-0.39, 0.29) is 6.54 Å². The Kier molecular flexibility index (Phi) is 4.55. The molecule has 20 heavy (non-hydrogen) atoms. The molecule has 2 rings (SSSR count). The number of halogens is 1. The maximum absolute atomic E-state index is 12.5. The molecule has 1 aliphatic carbocycles. The second-order valence-electron chi connectivity index (χ2n) is 4.92. The Labute approximate surface area is 125 Å². The van der Waals surface area contributed by atoms with Crippen LogP contribution in [-0.2, 0) is 21.4 Å². The highest BCUT2D eigenvalue weighted by atomic mass is 79.9. The van der Waals surface area contributed by atoms with Crippen molar-refractivity contribution in [3.63, 3.8) is 0 Å². The number of sulfonamides is 1. The fraction of sp³-hybridized carbons (Fsp3) is 0.583. The van der Waals surface area contributed by atoms with Gasteiger partial charge < -0.3 is 9.52 Å². The number of carbonyl (C=O) groups is 1. The lowest BCUT2D eigenvalue weighted by atomic mass is 10.1. The van der Waals surface area contributed by atoms with Crippen LogP contribution in [0.4, 0.5) is 0 Å². The van der Waals surface area contributed by atoms with Crippen molar-refractivity contribution >= 4 is 31.9 Å². The third kappa shape index (κ3) is 3.07. The van der Waals surface area contributed by atoms with Crippen LogP contribution in [-0.4, -0.2) is 36.1 Å². The van der Waals surface area contributed by atoms with Gasteiger partial charge in [0, 0.05) is 7.05 Å². The monoisotopic (exact) mass is 365 g/mol. The molecule has 1 aliphatic rings. The molecule has 8 heteroatoms. The van der Waals surface area contributed by atoms with Crippen LogP contribution in [0.2, 0.25) is 0 Å². The van der Waals surface area contributed by atoms with E-state index in [4.69, 9.17) is 9.52 Å². The quantitative estimate of drug-likeness (QED) is 0.862. The van der Waals surface area contributed by atoms with Crippen LogP contribution in [0.15, 0.2) is 21.2 Å². The fourth-order valence-electron chi connectivity index (χ4n) is 2.54. The molecule has 0 spiro atoms. The van der Waals surface area contributed by atoms with E-state index in [2.05, 4.69) is 15.9 Å². The summed E-state index contributed by atoms with van der Waals surface area (Å²) in [5, 5.41) is 8.27. The standard InChI is InChI=1S/C12H16BrNO5S/c1-14(7-8-5-6-11(13)19-8)20(17,18)10-4-2-3-9(10)12(15)16/h5-6,9-10H,2-4,7H2,1H3,(H,15,16). The second-order valence-corrected chi connectivity index (χ2v) is 7.96. The van der Waals surface area contributed by atoms with Gasteiger partial charge in [0.15, 0.2) is 4.67 Å². The molecule has 0 bridgehead atoms. The van der Waals surface area contributed by atoms with Gasteiger partial charge in [-0.1, -0.05) is 6.42 Å². The molecule has 112 valence electrons. The highest BCUT2D eigenvalue weighted by Gasteiger charge is 2.43. The van der Waals surface area contributed by atoms with E-state index in [1.54, 1.807) is 12.1 Å². The molecule has 0 radical (unpaired) electrons. The summed E-state index contributed by atoms with van der Waals surface area (Å²) in [6.45, 7) is 0.0940. The summed E-state index contributed by atoms with van der Waals surface area (Å²) in [6, 6.07) is 3.37. The average molecular weight is 366 g/mol. The summed E-state index contributed by atoms with van der Waals surface area (Å²) in [4.78, 5) is 11.1. The first-order chi connectivity index (χ1) is 9.32. The number of nitrogens with zero attached hydrogens (tertiary/aromatic N) is 1. The predicted octanol–water partition coefficient (Wildman–Crippen LogP) is 2.06. The molecule has 1 aromatic heterocycles. The maximum Gasteiger partial charge on any atom is 0.307 e. The molecule has 0 aliphatic heterocycles. The zero-order valence-corrected chi connectivity index (χ0v) is 13.4. The summed E-state index contributed by atoms with van der Waals surface area (Å²) < 4.78 is 31.9. The van der Waals surface area contributed by atoms with Crippen molar-refractivity contribution in [1.82, 2.24) is 4.31 Å². The van der Waals surface area contributed by atoms with Crippen molar-refractivity contribution in [2.45, 2.75) is 31.1 Å². The summed E-state index contributed by atoms with van der Waals surface area (Å²) in [7, 11) is -2.20. The van der Waals surface area contributed by atoms with E-state index in [0.717, 1.165) is 0 Å².